The van der Waals surface area contributed by atoms with E-state index in [1.807, 2.05) is 37.3 Å². The summed E-state index contributed by atoms with van der Waals surface area (Å²) >= 11 is 3.48. The van der Waals surface area contributed by atoms with Gasteiger partial charge in [0.15, 0.2) is 0 Å². The van der Waals surface area contributed by atoms with Crippen LogP contribution in [0.4, 0.5) is 0 Å². The van der Waals surface area contributed by atoms with Crippen LogP contribution in [0, 0.1) is 6.92 Å². The van der Waals surface area contributed by atoms with Crippen LogP contribution in [0.15, 0.2) is 39.6 Å². The average Bonchev–Trinajstić information content (AvgIpc) is 2.20. The summed E-state index contributed by atoms with van der Waals surface area (Å²) in [5.41, 5.74) is 2.46. The Bertz CT molecular complexity index is 563. The highest BCUT2D eigenvalue weighted by atomic mass is 79.9. The highest BCUT2D eigenvalue weighted by Crippen LogP contribution is 2.18. The van der Waals surface area contributed by atoms with Crippen molar-refractivity contribution in [1.82, 2.24) is 9.97 Å². The third kappa shape index (κ3) is 2.58. The van der Waals surface area contributed by atoms with E-state index in [0.717, 1.165) is 21.4 Å². The van der Waals surface area contributed by atoms with E-state index in [4.69, 9.17) is 0 Å². The Balaban J connectivity index is 2.34. The lowest BCUT2D eigenvalue weighted by molar-refractivity contribution is 0.947. The molecule has 0 fully saturated rings. The summed E-state index contributed by atoms with van der Waals surface area (Å²) in [6, 6.07) is 9.82. The van der Waals surface area contributed by atoms with Gasteiger partial charge >= 0.3 is 5.69 Å². The summed E-state index contributed by atoms with van der Waals surface area (Å²) in [4.78, 5) is 17.8. The molecule has 2 rings (SSSR count). The normalized spacial score (nSPS) is 10.4. The summed E-state index contributed by atoms with van der Waals surface area (Å²) in [6.45, 7) is 1.85. The summed E-state index contributed by atoms with van der Waals surface area (Å²) < 4.78 is 1.04. The van der Waals surface area contributed by atoms with Gasteiger partial charge in [-0.1, -0.05) is 34.1 Å². The van der Waals surface area contributed by atoms with E-state index in [9.17, 15) is 4.79 Å². The van der Waals surface area contributed by atoms with Crippen molar-refractivity contribution in [2.45, 2.75) is 13.3 Å². The number of H-pyrrole nitrogens is 1. The van der Waals surface area contributed by atoms with Gasteiger partial charge in [0.1, 0.15) is 0 Å². The van der Waals surface area contributed by atoms with Gasteiger partial charge in [-0.05, 0) is 24.6 Å². The Hall–Kier alpha value is -1.42. The van der Waals surface area contributed by atoms with Crippen LogP contribution in [-0.4, -0.2) is 9.97 Å². The SMILES string of the molecule is Cc1cc(Cc2ccccc2Br)nc(=O)[nH]1. The quantitative estimate of drug-likeness (QED) is 0.917. The summed E-state index contributed by atoms with van der Waals surface area (Å²) in [6.07, 6.45) is 0.659. The van der Waals surface area contributed by atoms with Crippen LogP contribution < -0.4 is 5.69 Å². The topological polar surface area (TPSA) is 45.8 Å². The minimum absolute atomic E-state index is 0.290. The van der Waals surface area contributed by atoms with Crippen molar-refractivity contribution in [1.29, 1.82) is 0 Å². The molecule has 0 aliphatic heterocycles. The first kappa shape index (κ1) is 11.1. The van der Waals surface area contributed by atoms with Crippen molar-refractivity contribution in [3.05, 3.63) is 62.2 Å². The lowest BCUT2D eigenvalue weighted by atomic mass is 10.1. The van der Waals surface area contributed by atoms with E-state index in [1.165, 1.54) is 0 Å². The molecule has 0 saturated heterocycles. The number of aromatic amines is 1. The van der Waals surface area contributed by atoms with Crippen molar-refractivity contribution in [3.63, 3.8) is 0 Å². The van der Waals surface area contributed by atoms with Crippen molar-refractivity contribution in [2.24, 2.45) is 0 Å². The monoisotopic (exact) mass is 278 g/mol. The molecule has 1 heterocycles. The van der Waals surface area contributed by atoms with Crippen molar-refractivity contribution >= 4 is 15.9 Å². The Morgan fingerprint density at radius 2 is 2.12 bits per heavy atom. The molecule has 16 heavy (non-hydrogen) atoms. The predicted molar refractivity (Wildman–Crippen MR) is 66.5 cm³/mol. The molecular weight excluding hydrogens is 268 g/mol. The van der Waals surface area contributed by atoms with E-state index in [-0.39, 0.29) is 5.69 Å². The lowest BCUT2D eigenvalue weighted by Gasteiger charge is -2.03. The smallest absolute Gasteiger partial charge is 0.310 e. The molecule has 0 amide bonds. The molecule has 0 unspecified atom stereocenters. The molecule has 0 radical (unpaired) electrons. The summed E-state index contributed by atoms with van der Waals surface area (Å²) in [5, 5.41) is 0. The second-order valence-corrected chi connectivity index (χ2v) is 4.48. The molecule has 1 aromatic carbocycles. The number of nitrogens with one attached hydrogen (secondary N) is 1. The van der Waals surface area contributed by atoms with Gasteiger partial charge in [-0.2, -0.15) is 4.98 Å². The van der Waals surface area contributed by atoms with Crippen LogP contribution >= 0.6 is 15.9 Å². The first-order valence-corrected chi connectivity index (χ1v) is 5.75. The van der Waals surface area contributed by atoms with E-state index in [1.54, 1.807) is 0 Å². The van der Waals surface area contributed by atoms with Gasteiger partial charge in [-0.3, -0.25) is 0 Å². The summed E-state index contributed by atoms with van der Waals surface area (Å²) in [5.74, 6) is 0. The molecule has 3 nitrogen and oxygen atoms in total. The number of halogens is 1. The van der Waals surface area contributed by atoms with E-state index >= 15 is 0 Å². The van der Waals surface area contributed by atoms with Crippen LogP contribution in [0.2, 0.25) is 0 Å². The second-order valence-electron chi connectivity index (χ2n) is 3.63. The number of nitrogens with zero attached hydrogens (tertiary/aromatic N) is 1. The maximum atomic E-state index is 11.2. The molecule has 0 aliphatic carbocycles. The van der Waals surface area contributed by atoms with Crippen LogP contribution in [0.25, 0.3) is 0 Å². The Morgan fingerprint density at radius 1 is 1.38 bits per heavy atom. The van der Waals surface area contributed by atoms with Gasteiger partial charge in [-0.25, -0.2) is 4.79 Å². The maximum absolute atomic E-state index is 11.2. The molecule has 0 aliphatic rings. The Kier molecular flexibility index (Phi) is 3.19. The van der Waals surface area contributed by atoms with Crippen molar-refractivity contribution in [2.75, 3.05) is 0 Å². The Morgan fingerprint density at radius 3 is 2.81 bits per heavy atom. The fourth-order valence-corrected chi connectivity index (χ4v) is 2.00. The number of aryl methyl sites for hydroxylation is 1. The predicted octanol–water partition coefficient (Wildman–Crippen LogP) is 2.43. The third-order valence-corrected chi connectivity index (χ3v) is 3.04. The van der Waals surface area contributed by atoms with Gasteiger partial charge in [-0.15, -0.1) is 0 Å². The number of benzene rings is 1. The zero-order valence-corrected chi connectivity index (χ0v) is 10.4. The lowest BCUT2D eigenvalue weighted by Crippen LogP contribution is -2.14. The number of aromatic nitrogens is 2. The fraction of sp³-hybridized carbons (Fsp3) is 0.167. The first-order valence-electron chi connectivity index (χ1n) is 4.95. The van der Waals surface area contributed by atoms with E-state index < -0.39 is 0 Å². The fourth-order valence-electron chi connectivity index (χ4n) is 1.57. The van der Waals surface area contributed by atoms with E-state index in [2.05, 4.69) is 25.9 Å². The minimum Gasteiger partial charge on any atom is -0.310 e. The van der Waals surface area contributed by atoms with Gasteiger partial charge in [0.25, 0.3) is 0 Å². The molecule has 4 heteroatoms. The second kappa shape index (κ2) is 4.61. The largest absolute Gasteiger partial charge is 0.345 e. The van der Waals surface area contributed by atoms with Gasteiger partial charge in [0.2, 0.25) is 0 Å². The molecule has 0 atom stereocenters. The van der Waals surface area contributed by atoms with Crippen molar-refractivity contribution in [3.8, 4) is 0 Å². The number of hydrogen-bond donors (Lipinski definition) is 1. The molecule has 1 aromatic heterocycles. The van der Waals surface area contributed by atoms with Crippen molar-refractivity contribution < 1.29 is 0 Å². The molecule has 1 N–H and O–H groups in total. The van der Waals surface area contributed by atoms with E-state index in [0.29, 0.717) is 6.42 Å². The minimum atomic E-state index is -0.290. The molecule has 0 saturated carbocycles. The van der Waals surface area contributed by atoms with Crippen LogP contribution in [0.1, 0.15) is 17.0 Å². The van der Waals surface area contributed by atoms with Gasteiger partial charge in [0.05, 0.1) is 5.69 Å². The molecule has 0 spiro atoms. The average molecular weight is 279 g/mol. The standard InChI is InChI=1S/C12H11BrN2O/c1-8-6-10(15-12(16)14-8)7-9-4-2-3-5-11(9)13/h2-6H,7H2,1H3,(H,14,15,16). The molecule has 0 bridgehead atoms. The third-order valence-electron chi connectivity index (χ3n) is 2.26. The van der Waals surface area contributed by atoms with Crippen LogP contribution in [0.3, 0.4) is 0 Å². The molecule has 2 aromatic rings. The maximum Gasteiger partial charge on any atom is 0.345 e. The van der Waals surface area contributed by atoms with Crippen LogP contribution in [0.5, 0.6) is 0 Å². The molecule has 82 valence electrons. The van der Waals surface area contributed by atoms with Gasteiger partial charge < -0.3 is 4.98 Å². The number of hydrogen-bond acceptors (Lipinski definition) is 2. The first-order chi connectivity index (χ1) is 7.65. The molecular formula is C12H11BrN2O. The zero-order valence-electron chi connectivity index (χ0n) is 8.83. The highest BCUT2D eigenvalue weighted by molar-refractivity contribution is 9.10. The Labute approximate surface area is 102 Å². The number of rotatable bonds is 2. The van der Waals surface area contributed by atoms with Gasteiger partial charge in [0, 0.05) is 16.6 Å². The zero-order chi connectivity index (χ0) is 11.5. The van der Waals surface area contributed by atoms with Crippen LogP contribution in [-0.2, 0) is 6.42 Å². The highest BCUT2D eigenvalue weighted by Gasteiger charge is 2.03. The summed E-state index contributed by atoms with van der Waals surface area (Å²) in [7, 11) is 0.